The second-order valence-electron chi connectivity index (χ2n) is 10.3. The highest BCUT2D eigenvalue weighted by molar-refractivity contribution is 6.32. The fraction of sp³-hybridized carbons (Fsp3) is 0.321. The Morgan fingerprint density at radius 3 is 2.79 bits per heavy atom. The first kappa shape index (κ1) is 23.0. The summed E-state index contributed by atoms with van der Waals surface area (Å²) >= 11 is 0. The third-order valence-electron chi connectivity index (χ3n) is 7.97. The van der Waals surface area contributed by atoms with Crippen molar-refractivity contribution in [2.75, 3.05) is 26.2 Å². The van der Waals surface area contributed by atoms with Gasteiger partial charge >= 0.3 is 6.03 Å². The number of benzene rings is 1. The van der Waals surface area contributed by atoms with E-state index in [0.29, 0.717) is 49.7 Å². The standard InChI is InChI=1S/C28H28FN7O2/c29-18-11-17-15-35(28(38)33-7-4-19(30)5-8-33)10-9-34-16-21(20(12-18)27(17)34)26-25(23(37)14-32-26)22-13-31-24-3-1-2-6-36(22)24/h1-3,6,11-13,16,19,32H,4-5,7-10,14-15,30H2. The summed E-state index contributed by atoms with van der Waals surface area (Å²) in [6, 6.07) is 8.85. The number of nitrogens with one attached hydrogen (secondary N) is 1. The van der Waals surface area contributed by atoms with Crippen LogP contribution in [0.15, 0.2) is 48.9 Å². The fourth-order valence-corrected chi connectivity index (χ4v) is 6.06. The molecule has 1 fully saturated rings. The van der Waals surface area contributed by atoms with Crippen molar-refractivity contribution < 1.29 is 14.0 Å². The molecule has 0 bridgehead atoms. The Kier molecular flexibility index (Phi) is 5.26. The van der Waals surface area contributed by atoms with Gasteiger partial charge in [0.15, 0.2) is 5.78 Å². The van der Waals surface area contributed by atoms with Crippen molar-refractivity contribution in [1.29, 1.82) is 0 Å². The number of nitrogens with zero attached hydrogens (tertiary/aromatic N) is 5. The van der Waals surface area contributed by atoms with Gasteiger partial charge in [0.2, 0.25) is 0 Å². The van der Waals surface area contributed by atoms with Gasteiger partial charge in [0.05, 0.1) is 35.2 Å². The molecule has 38 heavy (non-hydrogen) atoms. The number of Topliss-reactive ketones (excluding diaryl/α,β-unsaturated/α-hetero) is 1. The number of ketones is 1. The Morgan fingerprint density at radius 2 is 1.95 bits per heavy atom. The number of likely N-dealkylation sites (tertiary alicyclic amines) is 1. The van der Waals surface area contributed by atoms with Crippen molar-refractivity contribution in [3.63, 3.8) is 0 Å². The zero-order valence-corrected chi connectivity index (χ0v) is 20.9. The predicted molar refractivity (Wildman–Crippen MR) is 142 cm³/mol. The van der Waals surface area contributed by atoms with Crippen molar-refractivity contribution in [2.45, 2.75) is 32.0 Å². The zero-order valence-electron chi connectivity index (χ0n) is 20.9. The first-order valence-electron chi connectivity index (χ1n) is 13.0. The minimum Gasteiger partial charge on any atom is -0.376 e. The lowest BCUT2D eigenvalue weighted by Gasteiger charge is -2.34. The first-order valence-corrected chi connectivity index (χ1v) is 13.0. The van der Waals surface area contributed by atoms with Crippen LogP contribution in [0.1, 0.15) is 29.7 Å². The molecule has 7 rings (SSSR count). The van der Waals surface area contributed by atoms with E-state index in [0.717, 1.165) is 40.5 Å². The lowest BCUT2D eigenvalue weighted by Crippen LogP contribution is -2.49. The van der Waals surface area contributed by atoms with Crippen LogP contribution in [0.3, 0.4) is 0 Å². The number of rotatable bonds is 2. The second kappa shape index (κ2) is 8.70. The van der Waals surface area contributed by atoms with Crippen molar-refractivity contribution in [3.05, 3.63) is 71.6 Å². The third-order valence-corrected chi connectivity index (χ3v) is 7.97. The molecule has 3 aliphatic rings. The zero-order chi connectivity index (χ0) is 26.0. The van der Waals surface area contributed by atoms with Gasteiger partial charge in [0, 0.05) is 62.1 Å². The summed E-state index contributed by atoms with van der Waals surface area (Å²) in [5, 5.41) is 4.00. The highest BCUT2D eigenvalue weighted by Crippen LogP contribution is 2.37. The number of urea groups is 1. The van der Waals surface area contributed by atoms with Gasteiger partial charge in [0.1, 0.15) is 11.5 Å². The van der Waals surface area contributed by atoms with Crippen LogP contribution in [0.5, 0.6) is 0 Å². The second-order valence-corrected chi connectivity index (χ2v) is 10.3. The number of nitrogens with two attached hydrogens (primary N) is 1. The summed E-state index contributed by atoms with van der Waals surface area (Å²) in [4.78, 5) is 34.6. The molecule has 0 aliphatic carbocycles. The van der Waals surface area contributed by atoms with Gasteiger partial charge < -0.3 is 25.4 Å². The van der Waals surface area contributed by atoms with Crippen LogP contribution in [0.25, 0.3) is 27.8 Å². The Labute approximate surface area is 218 Å². The van der Waals surface area contributed by atoms with Crippen LogP contribution in [0, 0.1) is 5.82 Å². The molecule has 9 nitrogen and oxygen atoms in total. The van der Waals surface area contributed by atoms with Crippen LogP contribution < -0.4 is 11.1 Å². The molecule has 0 unspecified atom stereocenters. The van der Waals surface area contributed by atoms with Gasteiger partial charge in [-0.15, -0.1) is 0 Å². The van der Waals surface area contributed by atoms with Gasteiger partial charge in [0.25, 0.3) is 0 Å². The molecular weight excluding hydrogens is 485 g/mol. The van der Waals surface area contributed by atoms with E-state index in [-0.39, 0.29) is 30.2 Å². The van der Waals surface area contributed by atoms with Gasteiger partial charge in [-0.1, -0.05) is 6.07 Å². The topological polar surface area (TPSA) is 101 Å². The number of hydrogen-bond acceptors (Lipinski definition) is 5. The number of hydrogen-bond donors (Lipinski definition) is 2. The van der Waals surface area contributed by atoms with E-state index >= 15 is 4.39 Å². The Morgan fingerprint density at radius 1 is 1.11 bits per heavy atom. The van der Waals surface area contributed by atoms with E-state index < -0.39 is 0 Å². The number of pyridine rings is 1. The number of carbonyl (C=O) groups excluding carboxylic acids is 2. The van der Waals surface area contributed by atoms with Gasteiger partial charge in [-0.05, 0) is 42.7 Å². The largest absolute Gasteiger partial charge is 0.376 e. The number of halogens is 1. The van der Waals surface area contributed by atoms with Gasteiger partial charge in [-0.3, -0.25) is 9.20 Å². The summed E-state index contributed by atoms with van der Waals surface area (Å²) in [6.07, 6.45) is 7.16. The van der Waals surface area contributed by atoms with E-state index in [9.17, 15) is 9.59 Å². The molecule has 1 aromatic carbocycles. The maximum absolute atomic E-state index is 15.0. The highest BCUT2D eigenvalue weighted by atomic mass is 19.1. The number of aromatic nitrogens is 3. The maximum atomic E-state index is 15.0. The quantitative estimate of drug-likeness (QED) is 0.429. The summed E-state index contributed by atoms with van der Waals surface area (Å²) in [7, 11) is 0. The molecule has 3 aliphatic heterocycles. The van der Waals surface area contributed by atoms with Crippen molar-refractivity contribution in [3.8, 4) is 0 Å². The molecule has 194 valence electrons. The molecule has 0 atom stereocenters. The van der Waals surface area contributed by atoms with Gasteiger partial charge in [-0.2, -0.15) is 0 Å². The van der Waals surface area contributed by atoms with Crippen LogP contribution in [0.2, 0.25) is 0 Å². The average Bonchev–Trinajstić information content (AvgIpc) is 3.57. The summed E-state index contributed by atoms with van der Waals surface area (Å²) in [6.45, 7) is 2.86. The van der Waals surface area contributed by atoms with Crippen molar-refractivity contribution >= 4 is 39.6 Å². The smallest absolute Gasteiger partial charge is 0.320 e. The molecule has 3 N–H and O–H groups in total. The van der Waals surface area contributed by atoms with Crippen molar-refractivity contribution in [1.82, 2.24) is 29.1 Å². The molecule has 0 spiro atoms. The van der Waals surface area contributed by atoms with Gasteiger partial charge in [-0.25, -0.2) is 14.2 Å². The summed E-state index contributed by atoms with van der Waals surface area (Å²) in [5.41, 5.74) is 11.1. The highest BCUT2D eigenvalue weighted by Gasteiger charge is 2.32. The van der Waals surface area contributed by atoms with E-state index in [4.69, 9.17) is 5.73 Å². The molecule has 0 saturated carbocycles. The van der Waals surface area contributed by atoms with Crippen LogP contribution in [0.4, 0.5) is 9.18 Å². The molecule has 0 radical (unpaired) electrons. The number of carbonyl (C=O) groups is 2. The number of imidazole rings is 1. The van der Waals surface area contributed by atoms with E-state index in [1.54, 1.807) is 11.1 Å². The van der Waals surface area contributed by atoms with Crippen LogP contribution in [-0.2, 0) is 17.9 Å². The molecular formula is C28H28FN7O2. The Hall–Kier alpha value is -4.18. The number of piperidine rings is 1. The molecule has 1 saturated heterocycles. The Balaban J connectivity index is 1.31. The normalized spacial score (nSPS) is 18.5. The monoisotopic (exact) mass is 513 g/mol. The summed E-state index contributed by atoms with van der Waals surface area (Å²) in [5.74, 6) is -0.403. The third kappa shape index (κ3) is 3.59. The van der Waals surface area contributed by atoms with E-state index in [1.165, 1.54) is 12.1 Å². The number of fused-ring (bicyclic) bond motifs is 1. The summed E-state index contributed by atoms with van der Waals surface area (Å²) < 4.78 is 19.0. The lowest BCUT2D eigenvalue weighted by molar-refractivity contribution is -0.112. The molecule has 4 aromatic rings. The fourth-order valence-electron chi connectivity index (χ4n) is 6.06. The molecule has 6 heterocycles. The van der Waals surface area contributed by atoms with E-state index in [2.05, 4.69) is 14.9 Å². The molecule has 2 amide bonds. The lowest BCUT2D eigenvalue weighted by atomic mass is 10.0. The van der Waals surface area contributed by atoms with Crippen LogP contribution >= 0.6 is 0 Å². The van der Waals surface area contributed by atoms with E-state index in [1.807, 2.05) is 39.9 Å². The number of amides is 2. The SMILES string of the molecule is NC1CCN(C(=O)N2CCn3cc(C4=C(c5cnc6ccccn56)C(=O)CN4)c4cc(F)cc(c43)C2)CC1. The maximum Gasteiger partial charge on any atom is 0.320 e. The predicted octanol–water partition coefficient (Wildman–Crippen LogP) is 2.83. The molecule has 10 heteroatoms. The average molecular weight is 514 g/mol. The van der Waals surface area contributed by atoms with Crippen LogP contribution in [-0.4, -0.2) is 67.8 Å². The minimum atomic E-state index is -0.369. The van der Waals surface area contributed by atoms with Crippen molar-refractivity contribution in [2.24, 2.45) is 5.73 Å². The Bertz CT molecular complexity index is 1640. The minimum absolute atomic E-state index is 0.0269. The first-order chi connectivity index (χ1) is 18.5. The molecule has 3 aromatic heterocycles.